The number of aromatic nitrogens is 1. The van der Waals surface area contributed by atoms with Gasteiger partial charge in [-0.3, -0.25) is 4.90 Å². The normalized spacial score (nSPS) is 22.8. The van der Waals surface area contributed by atoms with Crippen molar-refractivity contribution in [2.45, 2.75) is 44.9 Å². The molecule has 0 saturated heterocycles. The van der Waals surface area contributed by atoms with Crippen LogP contribution in [0.25, 0.3) is 10.9 Å². The number of fused-ring (bicyclic) bond motifs is 3. The van der Waals surface area contributed by atoms with Gasteiger partial charge in [-0.2, -0.15) is 0 Å². The van der Waals surface area contributed by atoms with Gasteiger partial charge in [-0.1, -0.05) is 11.6 Å². The maximum atomic E-state index is 9.95. The lowest BCUT2D eigenvalue weighted by molar-refractivity contribution is 0.0746. The molecule has 0 saturated carbocycles. The summed E-state index contributed by atoms with van der Waals surface area (Å²) in [6.45, 7) is 4.88. The SMILES string of the molecule is Cc1ccc2c(c1)c1c3n2CCN(CC(O)CCl)C3CCC1. The molecule has 0 radical (unpaired) electrons. The van der Waals surface area contributed by atoms with E-state index in [1.165, 1.54) is 41.4 Å². The van der Waals surface area contributed by atoms with Gasteiger partial charge in [0.2, 0.25) is 0 Å². The Kier molecular flexibility index (Phi) is 3.67. The third-order valence-electron chi connectivity index (χ3n) is 5.26. The maximum Gasteiger partial charge on any atom is 0.0802 e. The first kappa shape index (κ1) is 14.6. The van der Waals surface area contributed by atoms with Gasteiger partial charge >= 0.3 is 0 Å². The minimum atomic E-state index is -0.426. The number of β-amino-alcohol motifs (C(OH)–C–C–N with tert-alkyl or cyclic N) is 1. The van der Waals surface area contributed by atoms with Crippen molar-refractivity contribution in [3.63, 3.8) is 0 Å². The van der Waals surface area contributed by atoms with E-state index in [1.54, 1.807) is 5.56 Å². The molecule has 1 N–H and O–H groups in total. The lowest BCUT2D eigenvalue weighted by Gasteiger charge is -2.40. The molecule has 2 heterocycles. The standard InChI is InChI=1S/C18H23ClN2O/c1-12-5-6-16-15(9-12)14-3-2-4-17-18(14)21(16)8-7-20(17)11-13(22)10-19/h5-6,9,13,17,22H,2-4,7-8,10-11H2,1H3. The Morgan fingerprint density at radius 1 is 1.36 bits per heavy atom. The first-order valence-corrected chi connectivity index (χ1v) is 8.82. The van der Waals surface area contributed by atoms with E-state index in [-0.39, 0.29) is 0 Å². The van der Waals surface area contributed by atoms with E-state index in [0.717, 1.165) is 13.1 Å². The summed E-state index contributed by atoms with van der Waals surface area (Å²) in [6, 6.07) is 7.29. The van der Waals surface area contributed by atoms with Crippen LogP contribution in [0.15, 0.2) is 18.2 Å². The first-order valence-electron chi connectivity index (χ1n) is 8.28. The predicted octanol–water partition coefficient (Wildman–Crippen LogP) is 3.24. The lowest BCUT2D eigenvalue weighted by Crippen LogP contribution is -2.43. The number of nitrogens with zero attached hydrogens (tertiary/aromatic N) is 2. The Bertz CT molecular complexity index is 709. The number of hydrogen-bond acceptors (Lipinski definition) is 2. The average molecular weight is 319 g/mol. The summed E-state index contributed by atoms with van der Waals surface area (Å²) in [5, 5.41) is 11.4. The summed E-state index contributed by atoms with van der Waals surface area (Å²) < 4.78 is 2.53. The Labute approximate surface area is 136 Å². The minimum absolute atomic E-state index is 0.318. The number of aliphatic hydroxyl groups is 1. The fourth-order valence-electron chi connectivity index (χ4n) is 4.33. The molecule has 3 nitrogen and oxygen atoms in total. The number of hydrogen-bond donors (Lipinski definition) is 1. The quantitative estimate of drug-likeness (QED) is 0.880. The Balaban J connectivity index is 1.81. The zero-order valence-electron chi connectivity index (χ0n) is 13.1. The van der Waals surface area contributed by atoms with Gasteiger partial charge in [0, 0.05) is 42.1 Å². The second kappa shape index (κ2) is 5.55. The largest absolute Gasteiger partial charge is 0.391 e. The van der Waals surface area contributed by atoms with Crippen LogP contribution in [0.5, 0.6) is 0 Å². The molecule has 1 aromatic carbocycles. The van der Waals surface area contributed by atoms with Crippen LogP contribution in [0.1, 0.15) is 35.7 Å². The molecule has 1 aliphatic heterocycles. The van der Waals surface area contributed by atoms with E-state index in [1.807, 2.05) is 0 Å². The van der Waals surface area contributed by atoms with Crippen molar-refractivity contribution in [2.75, 3.05) is 19.0 Å². The second-order valence-electron chi connectivity index (χ2n) is 6.75. The van der Waals surface area contributed by atoms with Gasteiger partial charge in [0.1, 0.15) is 0 Å². The molecule has 0 fully saturated rings. The summed E-state index contributed by atoms with van der Waals surface area (Å²) in [6.07, 6.45) is 3.19. The zero-order valence-corrected chi connectivity index (χ0v) is 13.8. The van der Waals surface area contributed by atoms with Crippen LogP contribution in [0, 0.1) is 6.92 Å². The highest BCUT2D eigenvalue weighted by atomic mass is 35.5. The first-order chi connectivity index (χ1) is 10.7. The summed E-state index contributed by atoms with van der Waals surface area (Å²) in [4.78, 5) is 2.44. The van der Waals surface area contributed by atoms with E-state index in [0.29, 0.717) is 18.5 Å². The van der Waals surface area contributed by atoms with Crippen molar-refractivity contribution in [1.29, 1.82) is 0 Å². The van der Waals surface area contributed by atoms with Crippen molar-refractivity contribution in [2.24, 2.45) is 0 Å². The third kappa shape index (κ3) is 2.18. The molecule has 1 aliphatic carbocycles. The number of aryl methyl sites for hydroxylation is 2. The molecular formula is C18H23ClN2O. The van der Waals surface area contributed by atoms with Gasteiger partial charge in [-0.25, -0.2) is 0 Å². The summed E-state index contributed by atoms with van der Waals surface area (Å²) in [7, 11) is 0. The molecule has 0 amide bonds. The summed E-state index contributed by atoms with van der Waals surface area (Å²) >= 11 is 5.81. The van der Waals surface area contributed by atoms with Crippen molar-refractivity contribution >= 4 is 22.5 Å². The minimum Gasteiger partial charge on any atom is -0.391 e. The predicted molar refractivity (Wildman–Crippen MR) is 90.7 cm³/mol. The summed E-state index contributed by atoms with van der Waals surface area (Å²) in [5.74, 6) is 0.318. The van der Waals surface area contributed by atoms with E-state index in [2.05, 4.69) is 34.6 Å². The van der Waals surface area contributed by atoms with E-state index < -0.39 is 6.10 Å². The van der Waals surface area contributed by atoms with Gasteiger partial charge < -0.3 is 9.67 Å². The van der Waals surface area contributed by atoms with Crippen LogP contribution >= 0.6 is 11.6 Å². The Morgan fingerprint density at radius 2 is 2.23 bits per heavy atom. The molecule has 2 atom stereocenters. The van der Waals surface area contributed by atoms with Crippen molar-refractivity contribution in [3.05, 3.63) is 35.0 Å². The number of benzene rings is 1. The monoisotopic (exact) mass is 318 g/mol. The number of rotatable bonds is 3. The van der Waals surface area contributed by atoms with E-state index in [9.17, 15) is 5.11 Å². The molecule has 2 unspecified atom stereocenters. The molecule has 118 valence electrons. The second-order valence-corrected chi connectivity index (χ2v) is 7.06. The van der Waals surface area contributed by atoms with Crippen LogP contribution in [0.2, 0.25) is 0 Å². The molecule has 2 aromatic rings. The van der Waals surface area contributed by atoms with Crippen molar-refractivity contribution in [3.8, 4) is 0 Å². The highest BCUT2D eigenvalue weighted by molar-refractivity contribution is 6.18. The smallest absolute Gasteiger partial charge is 0.0802 e. The molecular weight excluding hydrogens is 296 g/mol. The van der Waals surface area contributed by atoms with Crippen LogP contribution in [-0.4, -0.2) is 39.6 Å². The van der Waals surface area contributed by atoms with Crippen LogP contribution in [0.3, 0.4) is 0 Å². The summed E-state index contributed by atoms with van der Waals surface area (Å²) in [5.41, 5.74) is 5.77. The molecule has 4 heteroatoms. The Hall–Kier alpha value is -1.03. The van der Waals surface area contributed by atoms with Gasteiger partial charge in [-0.15, -0.1) is 11.6 Å². The fourth-order valence-corrected chi connectivity index (χ4v) is 4.43. The lowest BCUT2D eigenvalue weighted by atomic mass is 9.89. The highest BCUT2D eigenvalue weighted by Gasteiger charge is 2.35. The molecule has 0 bridgehead atoms. The van der Waals surface area contributed by atoms with E-state index >= 15 is 0 Å². The molecule has 4 rings (SSSR count). The zero-order chi connectivity index (χ0) is 15.3. The average Bonchev–Trinajstić information content (AvgIpc) is 2.85. The third-order valence-corrected chi connectivity index (χ3v) is 5.62. The number of alkyl halides is 1. The van der Waals surface area contributed by atoms with Crippen molar-refractivity contribution in [1.82, 2.24) is 9.47 Å². The van der Waals surface area contributed by atoms with Crippen LogP contribution < -0.4 is 0 Å². The molecule has 2 aliphatic rings. The van der Waals surface area contributed by atoms with Gasteiger partial charge in [0.05, 0.1) is 12.1 Å². The van der Waals surface area contributed by atoms with Gasteiger partial charge in [-0.05, 0) is 43.9 Å². The van der Waals surface area contributed by atoms with Gasteiger partial charge in [0.15, 0.2) is 0 Å². The molecule has 22 heavy (non-hydrogen) atoms. The van der Waals surface area contributed by atoms with Crippen LogP contribution in [0.4, 0.5) is 0 Å². The van der Waals surface area contributed by atoms with Crippen molar-refractivity contribution < 1.29 is 5.11 Å². The van der Waals surface area contributed by atoms with Gasteiger partial charge in [0.25, 0.3) is 0 Å². The van der Waals surface area contributed by atoms with Crippen LogP contribution in [-0.2, 0) is 13.0 Å². The molecule has 1 aromatic heterocycles. The molecule has 0 spiro atoms. The van der Waals surface area contributed by atoms with E-state index in [4.69, 9.17) is 11.6 Å². The fraction of sp³-hybridized carbons (Fsp3) is 0.556. The number of halogens is 1. The Morgan fingerprint density at radius 3 is 3.05 bits per heavy atom. The number of aliphatic hydroxyl groups excluding tert-OH is 1. The maximum absolute atomic E-state index is 9.95. The highest BCUT2D eigenvalue weighted by Crippen LogP contribution is 2.42. The topological polar surface area (TPSA) is 28.4 Å².